The molecule has 0 spiro atoms. The van der Waals surface area contributed by atoms with Crippen LogP contribution in [0.25, 0.3) is 10.9 Å². The van der Waals surface area contributed by atoms with Crippen LogP contribution in [0, 0.1) is 0 Å². The van der Waals surface area contributed by atoms with E-state index in [4.69, 9.17) is 0 Å². The molecule has 1 N–H and O–H groups in total. The summed E-state index contributed by atoms with van der Waals surface area (Å²) in [5.74, 6) is -0.122. The summed E-state index contributed by atoms with van der Waals surface area (Å²) in [6, 6.07) is 15.6. The molecule has 0 atom stereocenters. The summed E-state index contributed by atoms with van der Waals surface area (Å²) in [5.41, 5.74) is 0.729. The van der Waals surface area contributed by atoms with Crippen molar-refractivity contribution in [2.24, 2.45) is 0 Å². The third-order valence-electron chi connectivity index (χ3n) is 4.26. The number of hydrogen-bond acceptors (Lipinski definition) is 3. The summed E-state index contributed by atoms with van der Waals surface area (Å²) in [6.07, 6.45) is 3.49. The zero-order chi connectivity index (χ0) is 18.6. The van der Waals surface area contributed by atoms with Crippen molar-refractivity contribution in [2.75, 3.05) is 6.54 Å². The zero-order valence-corrected chi connectivity index (χ0v) is 15.5. The Morgan fingerprint density at radius 2 is 1.73 bits per heavy atom. The largest absolute Gasteiger partial charge is 0.355 e. The lowest BCUT2D eigenvalue weighted by molar-refractivity contribution is -0.121. The van der Waals surface area contributed by atoms with Gasteiger partial charge in [0, 0.05) is 23.6 Å². The average Bonchev–Trinajstić information content (AvgIpc) is 3.02. The van der Waals surface area contributed by atoms with Crippen molar-refractivity contribution in [1.29, 1.82) is 0 Å². The molecular formula is C20H22N2O3S. The van der Waals surface area contributed by atoms with Gasteiger partial charge in [-0.05, 0) is 24.6 Å². The van der Waals surface area contributed by atoms with Gasteiger partial charge in [0.1, 0.15) is 6.54 Å². The Hall–Kier alpha value is -2.60. The molecule has 1 aromatic heterocycles. The van der Waals surface area contributed by atoms with Crippen LogP contribution in [0.4, 0.5) is 0 Å². The van der Waals surface area contributed by atoms with Crippen LogP contribution in [-0.4, -0.2) is 25.4 Å². The second kappa shape index (κ2) is 7.74. The van der Waals surface area contributed by atoms with Gasteiger partial charge in [0.2, 0.25) is 15.7 Å². The SMILES string of the molecule is CCCCNC(=O)Cn1cc(S(=O)(=O)c2ccccc2)c2ccccc21. The highest BCUT2D eigenvalue weighted by molar-refractivity contribution is 7.91. The number of para-hydroxylation sites is 1. The minimum atomic E-state index is -3.65. The van der Waals surface area contributed by atoms with Crippen LogP contribution in [0.3, 0.4) is 0 Å². The molecule has 0 aliphatic heterocycles. The molecule has 0 radical (unpaired) electrons. The van der Waals surface area contributed by atoms with Crippen LogP contribution in [0.2, 0.25) is 0 Å². The van der Waals surface area contributed by atoms with Gasteiger partial charge >= 0.3 is 0 Å². The lowest BCUT2D eigenvalue weighted by Crippen LogP contribution is -2.28. The van der Waals surface area contributed by atoms with E-state index in [1.165, 1.54) is 0 Å². The molecule has 26 heavy (non-hydrogen) atoms. The van der Waals surface area contributed by atoms with Crippen LogP contribution in [-0.2, 0) is 21.2 Å². The summed E-state index contributed by atoms with van der Waals surface area (Å²) < 4.78 is 27.8. The molecule has 6 heteroatoms. The van der Waals surface area contributed by atoms with E-state index in [-0.39, 0.29) is 22.2 Å². The molecular weight excluding hydrogens is 348 g/mol. The summed E-state index contributed by atoms with van der Waals surface area (Å²) in [5, 5.41) is 3.49. The normalized spacial score (nSPS) is 11.6. The van der Waals surface area contributed by atoms with Gasteiger partial charge in [0.15, 0.2) is 0 Å². The van der Waals surface area contributed by atoms with Crippen LogP contribution in [0.15, 0.2) is 70.6 Å². The highest BCUT2D eigenvalue weighted by Gasteiger charge is 2.23. The number of unbranched alkanes of at least 4 members (excludes halogenated alkanes) is 1. The predicted octanol–water partition coefficient (Wildman–Crippen LogP) is 3.39. The molecule has 2 aromatic carbocycles. The number of nitrogens with zero attached hydrogens (tertiary/aromatic N) is 1. The number of aromatic nitrogens is 1. The predicted molar refractivity (Wildman–Crippen MR) is 102 cm³/mol. The lowest BCUT2D eigenvalue weighted by atomic mass is 10.2. The van der Waals surface area contributed by atoms with E-state index in [1.807, 2.05) is 12.1 Å². The van der Waals surface area contributed by atoms with E-state index >= 15 is 0 Å². The van der Waals surface area contributed by atoms with Crippen molar-refractivity contribution in [3.05, 3.63) is 60.8 Å². The van der Waals surface area contributed by atoms with Crippen molar-refractivity contribution in [2.45, 2.75) is 36.1 Å². The number of fused-ring (bicyclic) bond motifs is 1. The third-order valence-corrected chi connectivity index (χ3v) is 6.06. The maximum absolute atomic E-state index is 13.0. The molecule has 0 aliphatic rings. The van der Waals surface area contributed by atoms with Crippen molar-refractivity contribution < 1.29 is 13.2 Å². The number of benzene rings is 2. The van der Waals surface area contributed by atoms with Crippen molar-refractivity contribution in [3.8, 4) is 0 Å². The van der Waals surface area contributed by atoms with Gasteiger partial charge < -0.3 is 9.88 Å². The number of nitrogens with one attached hydrogen (secondary N) is 1. The van der Waals surface area contributed by atoms with E-state index in [2.05, 4.69) is 12.2 Å². The van der Waals surface area contributed by atoms with E-state index in [9.17, 15) is 13.2 Å². The minimum absolute atomic E-state index is 0.0918. The van der Waals surface area contributed by atoms with E-state index < -0.39 is 9.84 Å². The molecule has 0 bridgehead atoms. The van der Waals surface area contributed by atoms with Gasteiger partial charge in [0.05, 0.1) is 9.79 Å². The van der Waals surface area contributed by atoms with Gasteiger partial charge in [-0.15, -0.1) is 0 Å². The molecule has 3 aromatic rings. The fourth-order valence-electron chi connectivity index (χ4n) is 2.90. The van der Waals surface area contributed by atoms with Gasteiger partial charge in [-0.2, -0.15) is 0 Å². The Morgan fingerprint density at radius 3 is 2.46 bits per heavy atom. The van der Waals surface area contributed by atoms with Crippen molar-refractivity contribution in [3.63, 3.8) is 0 Å². The number of rotatable bonds is 7. The smallest absolute Gasteiger partial charge is 0.239 e. The second-order valence-corrected chi connectivity index (χ2v) is 8.08. The topological polar surface area (TPSA) is 68.2 Å². The maximum Gasteiger partial charge on any atom is 0.239 e. The molecule has 0 fully saturated rings. The summed E-state index contributed by atoms with van der Waals surface area (Å²) >= 11 is 0. The van der Waals surface area contributed by atoms with Crippen LogP contribution in [0.5, 0.6) is 0 Å². The van der Waals surface area contributed by atoms with Crippen LogP contribution in [0.1, 0.15) is 19.8 Å². The second-order valence-electron chi connectivity index (χ2n) is 6.16. The van der Waals surface area contributed by atoms with Crippen LogP contribution >= 0.6 is 0 Å². The number of carbonyl (C=O) groups is 1. The summed E-state index contributed by atoms with van der Waals surface area (Å²) in [7, 11) is -3.65. The van der Waals surface area contributed by atoms with E-state index in [0.717, 1.165) is 18.4 Å². The van der Waals surface area contributed by atoms with Gasteiger partial charge in [-0.25, -0.2) is 8.42 Å². The molecule has 136 valence electrons. The number of hydrogen-bond donors (Lipinski definition) is 1. The van der Waals surface area contributed by atoms with Gasteiger partial charge in [-0.3, -0.25) is 4.79 Å². The first-order valence-corrected chi connectivity index (χ1v) is 10.2. The molecule has 0 aliphatic carbocycles. The maximum atomic E-state index is 13.0. The fourth-order valence-corrected chi connectivity index (χ4v) is 4.40. The number of amides is 1. The van der Waals surface area contributed by atoms with Gasteiger partial charge in [-0.1, -0.05) is 49.7 Å². The Balaban J connectivity index is 1.99. The highest BCUT2D eigenvalue weighted by atomic mass is 32.2. The van der Waals surface area contributed by atoms with E-state index in [1.54, 1.807) is 53.2 Å². The molecule has 3 rings (SSSR count). The Bertz CT molecular complexity index is 1010. The summed E-state index contributed by atoms with van der Waals surface area (Å²) in [4.78, 5) is 12.6. The molecule has 1 amide bonds. The third kappa shape index (κ3) is 3.65. The molecule has 5 nitrogen and oxygen atoms in total. The molecule has 0 saturated carbocycles. The zero-order valence-electron chi connectivity index (χ0n) is 14.7. The van der Waals surface area contributed by atoms with Gasteiger partial charge in [0.25, 0.3) is 0 Å². The average molecular weight is 370 g/mol. The fraction of sp³-hybridized carbons (Fsp3) is 0.250. The highest BCUT2D eigenvalue weighted by Crippen LogP contribution is 2.30. The minimum Gasteiger partial charge on any atom is -0.355 e. The Morgan fingerprint density at radius 1 is 1.04 bits per heavy atom. The van der Waals surface area contributed by atoms with Crippen LogP contribution < -0.4 is 5.32 Å². The first kappa shape index (κ1) is 18.2. The Labute approximate surface area is 153 Å². The molecule has 1 heterocycles. The standard InChI is InChI=1S/C20H22N2O3S/c1-2-3-13-21-20(23)15-22-14-19(17-11-7-8-12-18(17)22)26(24,25)16-9-5-4-6-10-16/h4-12,14H,2-3,13,15H2,1H3,(H,21,23). The Kier molecular flexibility index (Phi) is 5.42. The first-order valence-electron chi connectivity index (χ1n) is 8.68. The molecule has 0 saturated heterocycles. The lowest BCUT2D eigenvalue weighted by Gasteiger charge is -2.06. The van der Waals surface area contributed by atoms with E-state index in [0.29, 0.717) is 11.9 Å². The quantitative estimate of drug-likeness (QED) is 0.648. The monoisotopic (exact) mass is 370 g/mol. The van der Waals surface area contributed by atoms with Crippen molar-refractivity contribution in [1.82, 2.24) is 9.88 Å². The van der Waals surface area contributed by atoms with Crippen molar-refractivity contribution >= 4 is 26.6 Å². The first-order chi connectivity index (χ1) is 12.5. The number of sulfone groups is 1. The molecule has 0 unspecified atom stereocenters. The number of carbonyl (C=O) groups excluding carboxylic acids is 1. The summed E-state index contributed by atoms with van der Waals surface area (Å²) in [6.45, 7) is 2.78.